The molecule has 33 heavy (non-hydrogen) atoms. The highest BCUT2D eigenvalue weighted by atomic mass is 16.7. The standard InChI is InChI=1S/C26H31N3O4/c27-20-8-10-22(11-9-20)29(26(31)19-7-12-23-24(14-19)33-16-32-23)15-17-3-1-6-21(13-17)28-25(30)18-4-2-5-18/h1,3,6-7,12-14,18,20,22H,2,4-5,8-11,15-16,27H2,(H,28,30). The summed E-state index contributed by atoms with van der Waals surface area (Å²) in [4.78, 5) is 28.0. The van der Waals surface area contributed by atoms with Crippen molar-refractivity contribution in [3.63, 3.8) is 0 Å². The molecule has 0 atom stereocenters. The molecule has 3 N–H and O–H groups in total. The van der Waals surface area contributed by atoms with E-state index in [0.717, 1.165) is 56.2 Å². The van der Waals surface area contributed by atoms with Crippen LogP contribution in [0.5, 0.6) is 11.5 Å². The van der Waals surface area contributed by atoms with Crippen LogP contribution in [-0.2, 0) is 11.3 Å². The fraction of sp³-hybridized carbons (Fsp3) is 0.462. The molecule has 2 saturated carbocycles. The van der Waals surface area contributed by atoms with Gasteiger partial charge in [-0.05, 0) is 74.4 Å². The van der Waals surface area contributed by atoms with Crippen LogP contribution >= 0.6 is 0 Å². The summed E-state index contributed by atoms with van der Waals surface area (Å²) in [6.07, 6.45) is 6.64. The highest BCUT2D eigenvalue weighted by Crippen LogP contribution is 2.34. The number of hydrogen-bond acceptors (Lipinski definition) is 5. The Kier molecular flexibility index (Phi) is 6.22. The number of rotatable bonds is 6. The molecule has 2 aliphatic carbocycles. The fourth-order valence-electron chi connectivity index (χ4n) is 4.83. The maximum atomic E-state index is 13.7. The quantitative estimate of drug-likeness (QED) is 0.693. The minimum absolute atomic E-state index is 0.0299. The minimum atomic E-state index is -0.0299. The van der Waals surface area contributed by atoms with E-state index in [0.29, 0.717) is 23.6 Å². The second kappa shape index (κ2) is 9.43. The van der Waals surface area contributed by atoms with Crippen LogP contribution in [0.3, 0.4) is 0 Å². The van der Waals surface area contributed by atoms with Gasteiger partial charge in [0.1, 0.15) is 0 Å². The second-order valence-electron chi connectivity index (χ2n) is 9.39. The number of anilines is 1. The Labute approximate surface area is 194 Å². The van der Waals surface area contributed by atoms with Gasteiger partial charge in [-0.15, -0.1) is 0 Å². The van der Waals surface area contributed by atoms with Crippen molar-refractivity contribution < 1.29 is 19.1 Å². The van der Waals surface area contributed by atoms with Gasteiger partial charge in [-0.2, -0.15) is 0 Å². The van der Waals surface area contributed by atoms with Crippen LogP contribution < -0.4 is 20.5 Å². The predicted molar refractivity (Wildman–Crippen MR) is 125 cm³/mol. The molecule has 0 bridgehead atoms. The summed E-state index contributed by atoms with van der Waals surface area (Å²) in [7, 11) is 0. The molecule has 0 saturated heterocycles. The molecule has 1 heterocycles. The predicted octanol–water partition coefficient (Wildman–Crippen LogP) is 4.07. The summed E-state index contributed by atoms with van der Waals surface area (Å²) in [6.45, 7) is 0.650. The lowest BCUT2D eigenvalue weighted by Crippen LogP contribution is -2.43. The highest BCUT2D eigenvalue weighted by Gasteiger charge is 2.30. The Bertz CT molecular complexity index is 1030. The molecular formula is C26H31N3O4. The van der Waals surface area contributed by atoms with E-state index >= 15 is 0 Å². The zero-order chi connectivity index (χ0) is 22.8. The molecule has 5 rings (SSSR count). The van der Waals surface area contributed by atoms with Crippen molar-refractivity contribution in [1.82, 2.24) is 4.90 Å². The monoisotopic (exact) mass is 449 g/mol. The summed E-state index contributed by atoms with van der Waals surface area (Å²) in [6, 6.07) is 13.5. The van der Waals surface area contributed by atoms with Gasteiger partial charge in [0, 0.05) is 35.8 Å². The van der Waals surface area contributed by atoms with Gasteiger partial charge in [0.25, 0.3) is 5.91 Å². The summed E-state index contributed by atoms with van der Waals surface area (Å²) >= 11 is 0. The number of carbonyl (C=O) groups excluding carboxylic acids is 2. The number of fused-ring (bicyclic) bond motifs is 1. The first kappa shape index (κ1) is 21.8. The summed E-state index contributed by atoms with van der Waals surface area (Å²) in [5.74, 6) is 1.46. The number of amides is 2. The Hall–Kier alpha value is -3.06. The largest absolute Gasteiger partial charge is 0.454 e. The van der Waals surface area contributed by atoms with Crippen molar-refractivity contribution in [1.29, 1.82) is 0 Å². The van der Waals surface area contributed by atoms with Gasteiger partial charge in [0.05, 0.1) is 0 Å². The van der Waals surface area contributed by atoms with E-state index in [1.165, 1.54) is 0 Å². The first-order chi connectivity index (χ1) is 16.1. The van der Waals surface area contributed by atoms with E-state index in [-0.39, 0.29) is 36.6 Å². The third kappa shape index (κ3) is 4.83. The number of hydrogen-bond donors (Lipinski definition) is 2. The molecule has 3 aliphatic rings. The molecule has 2 aromatic carbocycles. The van der Waals surface area contributed by atoms with Crippen LogP contribution in [0, 0.1) is 5.92 Å². The fourth-order valence-corrected chi connectivity index (χ4v) is 4.83. The maximum absolute atomic E-state index is 13.7. The van der Waals surface area contributed by atoms with E-state index in [1.54, 1.807) is 18.2 Å². The van der Waals surface area contributed by atoms with Crippen molar-refractivity contribution in [3.05, 3.63) is 53.6 Å². The molecule has 7 nitrogen and oxygen atoms in total. The molecular weight excluding hydrogens is 418 g/mol. The molecule has 0 aromatic heterocycles. The lowest BCUT2D eigenvalue weighted by molar-refractivity contribution is -0.122. The summed E-state index contributed by atoms with van der Waals surface area (Å²) in [5, 5.41) is 3.04. The molecule has 0 radical (unpaired) electrons. The second-order valence-corrected chi connectivity index (χ2v) is 9.39. The lowest BCUT2D eigenvalue weighted by atomic mass is 9.85. The normalized spacial score (nSPS) is 21.8. The number of carbonyl (C=O) groups is 2. The third-order valence-corrected chi connectivity index (χ3v) is 7.09. The Morgan fingerprint density at radius 2 is 1.76 bits per heavy atom. The van der Waals surface area contributed by atoms with E-state index in [4.69, 9.17) is 15.2 Å². The minimum Gasteiger partial charge on any atom is -0.454 e. The van der Waals surface area contributed by atoms with Crippen molar-refractivity contribution in [2.24, 2.45) is 11.7 Å². The van der Waals surface area contributed by atoms with Crippen molar-refractivity contribution in [2.75, 3.05) is 12.1 Å². The van der Waals surface area contributed by atoms with E-state index in [1.807, 2.05) is 29.2 Å². The molecule has 0 spiro atoms. The molecule has 7 heteroatoms. The number of nitrogens with one attached hydrogen (secondary N) is 1. The Morgan fingerprint density at radius 1 is 0.970 bits per heavy atom. The van der Waals surface area contributed by atoms with Gasteiger partial charge in [0.15, 0.2) is 11.5 Å². The van der Waals surface area contributed by atoms with E-state index in [2.05, 4.69) is 5.32 Å². The van der Waals surface area contributed by atoms with Crippen molar-refractivity contribution >= 4 is 17.5 Å². The van der Waals surface area contributed by atoms with Crippen LogP contribution in [0.2, 0.25) is 0 Å². The zero-order valence-corrected chi connectivity index (χ0v) is 18.8. The van der Waals surface area contributed by atoms with Crippen molar-refractivity contribution in [3.8, 4) is 11.5 Å². The van der Waals surface area contributed by atoms with Gasteiger partial charge >= 0.3 is 0 Å². The average molecular weight is 450 g/mol. The van der Waals surface area contributed by atoms with E-state index in [9.17, 15) is 9.59 Å². The van der Waals surface area contributed by atoms with Crippen LogP contribution in [0.15, 0.2) is 42.5 Å². The van der Waals surface area contributed by atoms with Crippen LogP contribution in [0.4, 0.5) is 5.69 Å². The summed E-state index contributed by atoms with van der Waals surface area (Å²) in [5.41, 5.74) is 8.49. The topological polar surface area (TPSA) is 93.9 Å². The smallest absolute Gasteiger partial charge is 0.254 e. The van der Waals surface area contributed by atoms with Crippen LogP contribution in [-0.4, -0.2) is 35.6 Å². The Morgan fingerprint density at radius 3 is 2.52 bits per heavy atom. The molecule has 2 amide bonds. The van der Waals surface area contributed by atoms with Gasteiger partial charge in [0.2, 0.25) is 12.7 Å². The van der Waals surface area contributed by atoms with Gasteiger partial charge < -0.3 is 25.4 Å². The Balaban J connectivity index is 1.36. The number of nitrogens with two attached hydrogens (primary N) is 1. The van der Waals surface area contributed by atoms with Crippen LogP contribution in [0.1, 0.15) is 60.9 Å². The maximum Gasteiger partial charge on any atom is 0.254 e. The molecule has 1 aliphatic heterocycles. The average Bonchev–Trinajstić information content (AvgIpc) is 3.25. The van der Waals surface area contributed by atoms with Crippen molar-refractivity contribution in [2.45, 2.75) is 63.6 Å². The van der Waals surface area contributed by atoms with Gasteiger partial charge in [-0.3, -0.25) is 9.59 Å². The van der Waals surface area contributed by atoms with Gasteiger partial charge in [-0.1, -0.05) is 18.6 Å². The zero-order valence-electron chi connectivity index (χ0n) is 18.8. The van der Waals surface area contributed by atoms with E-state index < -0.39 is 0 Å². The molecule has 2 fully saturated rings. The number of benzene rings is 2. The molecule has 0 unspecified atom stereocenters. The van der Waals surface area contributed by atoms with Gasteiger partial charge in [-0.25, -0.2) is 0 Å². The third-order valence-electron chi connectivity index (χ3n) is 7.09. The first-order valence-electron chi connectivity index (χ1n) is 11.9. The van der Waals surface area contributed by atoms with Crippen LogP contribution in [0.25, 0.3) is 0 Å². The number of ether oxygens (including phenoxy) is 2. The number of nitrogens with zero attached hydrogens (tertiary/aromatic N) is 1. The first-order valence-corrected chi connectivity index (χ1v) is 11.9. The molecule has 2 aromatic rings. The lowest BCUT2D eigenvalue weighted by Gasteiger charge is -2.36. The molecule has 174 valence electrons. The summed E-state index contributed by atoms with van der Waals surface area (Å²) < 4.78 is 10.9. The highest BCUT2D eigenvalue weighted by molar-refractivity contribution is 5.95. The SMILES string of the molecule is NC1CCC(N(Cc2cccc(NC(=O)C3CCC3)c2)C(=O)c2ccc3c(c2)OCO3)CC1.